The summed E-state index contributed by atoms with van der Waals surface area (Å²) in [7, 11) is 3.94. The molecule has 1 spiro atoms. The lowest BCUT2D eigenvalue weighted by Gasteiger charge is -2.48. The van der Waals surface area contributed by atoms with Crippen LogP contribution in [-0.2, 0) is 16.1 Å². The number of carbonyl (C=O) groups excluding carboxylic acids is 2. The van der Waals surface area contributed by atoms with Crippen LogP contribution in [0.1, 0.15) is 44.7 Å². The van der Waals surface area contributed by atoms with Crippen LogP contribution >= 0.6 is 0 Å². The molecule has 2 fully saturated rings. The van der Waals surface area contributed by atoms with Gasteiger partial charge in [0.15, 0.2) is 0 Å². The molecule has 6 heteroatoms. The molecule has 2 amide bonds. The Bertz CT molecular complexity index is 653. The Morgan fingerprint density at radius 2 is 2.00 bits per heavy atom. The molecule has 2 saturated heterocycles. The quantitative estimate of drug-likeness (QED) is 0.795. The van der Waals surface area contributed by atoms with Crippen molar-refractivity contribution in [1.82, 2.24) is 19.7 Å². The highest BCUT2D eigenvalue weighted by molar-refractivity contribution is 5.82. The highest BCUT2D eigenvalue weighted by Crippen LogP contribution is 2.40. The standard InChI is InChI=1S/C21H32N4O2/c1-4-18(23(2)3)20(27)24-13-10-21(11-14-24)9-8-19(26)25(16-21)15-17-7-5-6-12-22-17/h5-7,12,18H,4,8-11,13-16H2,1-3H3/t18-/m0/s1. The summed E-state index contributed by atoms with van der Waals surface area (Å²) in [6.45, 7) is 5.04. The van der Waals surface area contributed by atoms with Crippen LogP contribution in [0.4, 0.5) is 0 Å². The molecule has 2 aliphatic rings. The van der Waals surface area contributed by atoms with Crippen LogP contribution in [0, 0.1) is 5.41 Å². The second-order valence-electron chi connectivity index (χ2n) is 8.28. The number of rotatable bonds is 5. The highest BCUT2D eigenvalue weighted by Gasteiger charge is 2.42. The minimum atomic E-state index is -0.0346. The van der Waals surface area contributed by atoms with Crippen molar-refractivity contribution in [3.05, 3.63) is 30.1 Å². The summed E-state index contributed by atoms with van der Waals surface area (Å²) in [5, 5.41) is 0. The fourth-order valence-corrected chi connectivity index (χ4v) is 4.51. The second kappa shape index (κ2) is 8.38. The zero-order valence-corrected chi connectivity index (χ0v) is 16.9. The number of aromatic nitrogens is 1. The molecule has 148 valence electrons. The molecule has 3 rings (SSSR count). The lowest BCUT2D eigenvalue weighted by Crippen LogP contribution is -2.54. The molecule has 0 unspecified atom stereocenters. The van der Waals surface area contributed by atoms with Gasteiger partial charge in [-0.2, -0.15) is 0 Å². The van der Waals surface area contributed by atoms with Gasteiger partial charge in [0.25, 0.3) is 0 Å². The molecule has 0 radical (unpaired) electrons. The molecular weight excluding hydrogens is 340 g/mol. The molecule has 0 aliphatic carbocycles. The number of piperidine rings is 2. The largest absolute Gasteiger partial charge is 0.341 e. The van der Waals surface area contributed by atoms with Gasteiger partial charge in [0.1, 0.15) is 0 Å². The Morgan fingerprint density at radius 1 is 1.26 bits per heavy atom. The molecule has 0 aromatic carbocycles. The number of hydrogen-bond acceptors (Lipinski definition) is 4. The maximum absolute atomic E-state index is 12.8. The maximum atomic E-state index is 12.8. The van der Waals surface area contributed by atoms with Crippen molar-refractivity contribution in [2.75, 3.05) is 33.7 Å². The van der Waals surface area contributed by atoms with Crippen LogP contribution in [0.5, 0.6) is 0 Å². The van der Waals surface area contributed by atoms with Crippen LogP contribution in [0.25, 0.3) is 0 Å². The van der Waals surface area contributed by atoms with Crippen molar-refractivity contribution in [2.45, 2.75) is 51.6 Å². The number of hydrogen-bond donors (Lipinski definition) is 0. The van der Waals surface area contributed by atoms with Gasteiger partial charge in [0, 0.05) is 32.3 Å². The summed E-state index contributed by atoms with van der Waals surface area (Å²) in [6.07, 6.45) is 6.12. The van der Waals surface area contributed by atoms with Crippen LogP contribution in [0.15, 0.2) is 24.4 Å². The van der Waals surface area contributed by atoms with Crippen LogP contribution in [-0.4, -0.2) is 71.3 Å². The van der Waals surface area contributed by atoms with Gasteiger partial charge in [-0.05, 0) is 57.3 Å². The number of likely N-dealkylation sites (N-methyl/N-ethyl adjacent to an activating group) is 1. The molecule has 27 heavy (non-hydrogen) atoms. The Balaban J connectivity index is 1.61. The molecule has 0 N–H and O–H groups in total. The number of nitrogens with zero attached hydrogens (tertiary/aromatic N) is 4. The molecule has 1 aromatic heterocycles. The zero-order valence-electron chi connectivity index (χ0n) is 16.9. The van der Waals surface area contributed by atoms with Crippen LogP contribution in [0.3, 0.4) is 0 Å². The fraction of sp³-hybridized carbons (Fsp3) is 0.667. The van der Waals surface area contributed by atoms with Crippen molar-refractivity contribution in [1.29, 1.82) is 0 Å². The molecule has 0 bridgehead atoms. The Kier molecular flexibility index (Phi) is 6.15. The molecular formula is C21H32N4O2. The van der Waals surface area contributed by atoms with E-state index < -0.39 is 0 Å². The van der Waals surface area contributed by atoms with E-state index in [0.717, 1.165) is 51.0 Å². The van der Waals surface area contributed by atoms with Crippen molar-refractivity contribution in [2.24, 2.45) is 5.41 Å². The van der Waals surface area contributed by atoms with Gasteiger partial charge in [-0.1, -0.05) is 13.0 Å². The first-order valence-corrected chi connectivity index (χ1v) is 10.1. The third-order valence-electron chi connectivity index (χ3n) is 6.26. The lowest BCUT2D eigenvalue weighted by molar-refractivity contribution is -0.145. The van der Waals surface area contributed by atoms with Gasteiger partial charge >= 0.3 is 0 Å². The lowest BCUT2D eigenvalue weighted by atomic mass is 9.72. The fourth-order valence-electron chi connectivity index (χ4n) is 4.51. The summed E-state index contributed by atoms with van der Waals surface area (Å²) in [6, 6.07) is 5.80. The Hall–Kier alpha value is -1.95. The second-order valence-corrected chi connectivity index (χ2v) is 8.28. The van der Waals surface area contributed by atoms with Crippen molar-refractivity contribution < 1.29 is 9.59 Å². The zero-order chi connectivity index (χ0) is 19.4. The van der Waals surface area contributed by atoms with Crippen molar-refractivity contribution >= 4 is 11.8 Å². The number of pyridine rings is 1. The minimum absolute atomic E-state index is 0.0346. The molecule has 3 heterocycles. The Labute approximate surface area is 162 Å². The molecule has 1 atom stereocenters. The third kappa shape index (κ3) is 4.49. The van der Waals surface area contributed by atoms with E-state index in [1.54, 1.807) is 6.20 Å². The smallest absolute Gasteiger partial charge is 0.239 e. The normalized spacial score (nSPS) is 21.0. The predicted octanol–water partition coefficient (Wildman–Crippen LogP) is 2.15. The first kappa shape index (κ1) is 19.8. The minimum Gasteiger partial charge on any atom is -0.341 e. The van der Waals surface area contributed by atoms with E-state index >= 15 is 0 Å². The predicted molar refractivity (Wildman–Crippen MR) is 105 cm³/mol. The number of amides is 2. The van der Waals surface area contributed by atoms with Gasteiger partial charge < -0.3 is 9.80 Å². The Morgan fingerprint density at radius 3 is 2.59 bits per heavy atom. The molecule has 2 aliphatic heterocycles. The van der Waals surface area contributed by atoms with Gasteiger partial charge in [-0.3, -0.25) is 19.5 Å². The summed E-state index contributed by atoms with van der Waals surface area (Å²) in [4.78, 5) is 35.6. The molecule has 6 nitrogen and oxygen atoms in total. The van der Waals surface area contributed by atoms with Gasteiger partial charge in [0.05, 0.1) is 18.3 Å². The van der Waals surface area contributed by atoms with E-state index in [1.165, 1.54) is 0 Å². The SMILES string of the molecule is CC[C@@H](C(=O)N1CCC2(CCC(=O)N(Cc3ccccn3)C2)CC1)N(C)C. The third-order valence-corrected chi connectivity index (χ3v) is 6.26. The van der Waals surface area contributed by atoms with Crippen molar-refractivity contribution in [3.8, 4) is 0 Å². The van der Waals surface area contributed by atoms with Crippen LogP contribution in [0.2, 0.25) is 0 Å². The van der Waals surface area contributed by atoms with E-state index in [9.17, 15) is 9.59 Å². The summed E-state index contributed by atoms with van der Waals surface area (Å²) in [5.41, 5.74) is 1.09. The first-order chi connectivity index (χ1) is 12.9. The maximum Gasteiger partial charge on any atom is 0.239 e. The molecule has 0 saturated carbocycles. The number of likely N-dealkylation sites (tertiary alicyclic amines) is 2. The van der Waals surface area contributed by atoms with Gasteiger partial charge in [0.2, 0.25) is 11.8 Å². The average molecular weight is 373 g/mol. The van der Waals surface area contributed by atoms with Crippen molar-refractivity contribution in [3.63, 3.8) is 0 Å². The summed E-state index contributed by atoms with van der Waals surface area (Å²) in [5.74, 6) is 0.470. The summed E-state index contributed by atoms with van der Waals surface area (Å²) < 4.78 is 0. The molecule has 1 aromatic rings. The average Bonchev–Trinajstić information content (AvgIpc) is 2.66. The first-order valence-electron chi connectivity index (χ1n) is 10.1. The van der Waals surface area contributed by atoms with E-state index in [4.69, 9.17) is 0 Å². The van der Waals surface area contributed by atoms with E-state index in [0.29, 0.717) is 13.0 Å². The van der Waals surface area contributed by atoms with Gasteiger partial charge in [-0.15, -0.1) is 0 Å². The summed E-state index contributed by atoms with van der Waals surface area (Å²) >= 11 is 0. The van der Waals surface area contributed by atoms with E-state index in [1.807, 2.05) is 47.0 Å². The van der Waals surface area contributed by atoms with Crippen LogP contribution < -0.4 is 0 Å². The topological polar surface area (TPSA) is 56.8 Å². The van der Waals surface area contributed by atoms with Gasteiger partial charge in [-0.25, -0.2) is 0 Å². The monoisotopic (exact) mass is 372 g/mol. The van der Waals surface area contributed by atoms with E-state index in [-0.39, 0.29) is 23.3 Å². The number of carbonyl (C=O) groups is 2. The highest BCUT2D eigenvalue weighted by atomic mass is 16.2. The van der Waals surface area contributed by atoms with E-state index in [2.05, 4.69) is 11.9 Å².